The number of aliphatic hydroxyl groups excluding tert-OH is 1. The summed E-state index contributed by atoms with van der Waals surface area (Å²) in [6.45, 7) is 4.66. The van der Waals surface area contributed by atoms with Gasteiger partial charge in [-0.05, 0) is 54.1 Å². The highest BCUT2D eigenvalue weighted by molar-refractivity contribution is 7.22. The van der Waals surface area contributed by atoms with E-state index in [2.05, 4.69) is 11.6 Å². The van der Waals surface area contributed by atoms with Crippen molar-refractivity contribution in [2.24, 2.45) is 0 Å². The molecule has 1 aromatic heterocycles. The van der Waals surface area contributed by atoms with Crippen molar-refractivity contribution in [2.75, 3.05) is 24.7 Å². The van der Waals surface area contributed by atoms with Crippen molar-refractivity contribution in [3.8, 4) is 17.2 Å². The molecule has 0 aliphatic carbocycles. The number of halogens is 1. The predicted octanol–water partition coefficient (Wildman–Crippen LogP) is 5.40. The number of hydrogen-bond acceptors (Lipinski definition) is 8. The quantitative estimate of drug-likeness (QED) is 0.150. The molecule has 0 radical (unpaired) electrons. The number of Topliss-reactive ketones (excluding diaryl/α,β-unsaturated/α-hetero) is 1. The fourth-order valence-electron chi connectivity index (χ4n) is 4.61. The minimum absolute atomic E-state index is 0.122. The first-order valence-corrected chi connectivity index (χ1v) is 12.9. The number of benzene rings is 3. The maximum atomic E-state index is 13.9. The van der Waals surface area contributed by atoms with E-state index in [1.807, 2.05) is 0 Å². The molecule has 0 saturated carbocycles. The van der Waals surface area contributed by atoms with Crippen LogP contribution < -0.4 is 19.1 Å². The van der Waals surface area contributed by atoms with E-state index in [1.54, 1.807) is 48.5 Å². The molecule has 3 aromatic carbocycles. The van der Waals surface area contributed by atoms with E-state index >= 15 is 0 Å². The average molecular weight is 545 g/mol. The molecule has 3 heterocycles. The Balaban J connectivity index is 1.53. The van der Waals surface area contributed by atoms with Crippen LogP contribution in [0.5, 0.6) is 17.2 Å². The Morgan fingerprint density at radius 1 is 1.13 bits per heavy atom. The number of fused-ring (bicyclic) bond motifs is 2. The lowest BCUT2D eigenvalue weighted by Crippen LogP contribution is -2.29. The lowest BCUT2D eigenvalue weighted by molar-refractivity contribution is -0.132. The molecule has 1 amide bonds. The van der Waals surface area contributed by atoms with Gasteiger partial charge in [0.25, 0.3) is 5.78 Å². The predicted molar refractivity (Wildman–Crippen MR) is 144 cm³/mol. The second kappa shape index (κ2) is 9.88. The van der Waals surface area contributed by atoms with Crippen molar-refractivity contribution >= 4 is 44.1 Å². The van der Waals surface area contributed by atoms with Gasteiger partial charge in [0.05, 0.1) is 21.8 Å². The molecule has 2 aliphatic rings. The fraction of sp³-hybridized carbons (Fsp3) is 0.138. The highest BCUT2D eigenvalue weighted by Crippen LogP contribution is 2.45. The van der Waals surface area contributed by atoms with Crippen molar-refractivity contribution in [2.45, 2.75) is 6.04 Å². The van der Waals surface area contributed by atoms with Gasteiger partial charge in [0, 0.05) is 5.56 Å². The fourth-order valence-corrected chi connectivity index (χ4v) is 5.63. The van der Waals surface area contributed by atoms with E-state index in [-0.39, 0.29) is 28.6 Å². The number of ether oxygens (including phenoxy) is 3. The van der Waals surface area contributed by atoms with Gasteiger partial charge in [-0.3, -0.25) is 14.5 Å². The Labute approximate surface area is 226 Å². The second-order valence-corrected chi connectivity index (χ2v) is 9.82. The van der Waals surface area contributed by atoms with Crippen LogP contribution in [0.25, 0.3) is 16.0 Å². The van der Waals surface area contributed by atoms with Gasteiger partial charge >= 0.3 is 5.91 Å². The minimum atomic E-state index is -1.03. The van der Waals surface area contributed by atoms with Crippen LogP contribution in [-0.4, -0.2) is 41.6 Å². The smallest absolute Gasteiger partial charge is 0.301 e. The van der Waals surface area contributed by atoms with Crippen LogP contribution in [0.4, 0.5) is 9.52 Å². The molecule has 1 N–H and O–H groups in total. The largest absolute Gasteiger partial charge is 0.507 e. The number of anilines is 1. The number of nitrogens with zero attached hydrogens (tertiary/aromatic N) is 2. The molecule has 6 rings (SSSR count). The summed E-state index contributed by atoms with van der Waals surface area (Å²) in [6, 6.07) is 14.8. The van der Waals surface area contributed by atoms with Gasteiger partial charge < -0.3 is 19.3 Å². The summed E-state index contributed by atoms with van der Waals surface area (Å²) >= 11 is 1.08. The first-order valence-electron chi connectivity index (χ1n) is 12.1. The number of amides is 1. The summed E-state index contributed by atoms with van der Waals surface area (Å²) < 4.78 is 31.3. The summed E-state index contributed by atoms with van der Waals surface area (Å²) in [6.07, 6.45) is 1.60. The third-order valence-electron chi connectivity index (χ3n) is 6.35. The molecule has 10 heteroatoms. The molecule has 1 fully saturated rings. The minimum Gasteiger partial charge on any atom is -0.507 e. The summed E-state index contributed by atoms with van der Waals surface area (Å²) in [5.74, 6) is -1.13. The van der Waals surface area contributed by atoms with Crippen LogP contribution in [0.3, 0.4) is 0 Å². The zero-order valence-electron chi connectivity index (χ0n) is 20.4. The summed E-state index contributed by atoms with van der Waals surface area (Å²) in [5.41, 5.74) is 1.16. The summed E-state index contributed by atoms with van der Waals surface area (Å²) in [5, 5.41) is 11.7. The highest BCUT2D eigenvalue weighted by atomic mass is 32.1. The van der Waals surface area contributed by atoms with Crippen LogP contribution in [0.1, 0.15) is 17.2 Å². The molecule has 1 saturated heterocycles. The molecule has 0 bridgehead atoms. The van der Waals surface area contributed by atoms with E-state index in [9.17, 15) is 19.1 Å². The Morgan fingerprint density at radius 2 is 1.95 bits per heavy atom. The van der Waals surface area contributed by atoms with Gasteiger partial charge in [-0.1, -0.05) is 36.1 Å². The standard InChI is InChI=1S/C29H21FN2O6S/c1-2-10-36-19-5-3-4-16(13-19)25-24(26(33)17-6-9-21-22(14-17)38-12-11-37-21)27(34)28(35)32(25)29-31-20-8-7-18(30)15-23(20)39-29/h2-9,13-15,25,33H,1,10-12H2/b26-24+. The monoisotopic (exact) mass is 544 g/mol. The number of ketones is 1. The Kier molecular flexibility index (Phi) is 6.24. The SMILES string of the molecule is C=CCOc1cccc(C2/C(=C(\O)c3ccc4c(c3)OCCO4)C(=O)C(=O)N2c2nc3ccc(F)cc3s2)c1. The Morgan fingerprint density at radius 3 is 2.77 bits per heavy atom. The van der Waals surface area contributed by atoms with Gasteiger partial charge in [-0.2, -0.15) is 0 Å². The lowest BCUT2D eigenvalue weighted by Gasteiger charge is -2.23. The first-order chi connectivity index (χ1) is 18.9. The van der Waals surface area contributed by atoms with Crippen LogP contribution >= 0.6 is 11.3 Å². The molecule has 1 atom stereocenters. The van der Waals surface area contributed by atoms with E-state index in [0.717, 1.165) is 11.3 Å². The third kappa shape index (κ3) is 4.38. The number of aliphatic hydroxyl groups is 1. The van der Waals surface area contributed by atoms with Crippen LogP contribution in [0.15, 0.2) is 78.9 Å². The number of rotatable bonds is 6. The molecule has 4 aromatic rings. The Hall–Kier alpha value is -4.70. The highest BCUT2D eigenvalue weighted by Gasteiger charge is 2.48. The molecule has 1 unspecified atom stereocenters. The van der Waals surface area contributed by atoms with Gasteiger partial charge in [-0.15, -0.1) is 0 Å². The topological polar surface area (TPSA) is 98.2 Å². The molecule has 2 aliphatic heterocycles. The molecule has 0 spiro atoms. The van der Waals surface area contributed by atoms with Gasteiger partial charge in [0.1, 0.15) is 37.1 Å². The van der Waals surface area contributed by atoms with Crippen molar-refractivity contribution in [3.63, 3.8) is 0 Å². The number of carbonyl (C=O) groups excluding carboxylic acids is 2. The van der Waals surface area contributed by atoms with E-state index in [4.69, 9.17) is 14.2 Å². The summed E-state index contributed by atoms with van der Waals surface area (Å²) in [4.78, 5) is 32.8. The third-order valence-corrected chi connectivity index (χ3v) is 7.36. The number of hydrogen-bond donors (Lipinski definition) is 1. The zero-order chi connectivity index (χ0) is 27.1. The van der Waals surface area contributed by atoms with E-state index in [1.165, 1.54) is 23.1 Å². The van der Waals surface area contributed by atoms with Crippen LogP contribution in [0.2, 0.25) is 0 Å². The lowest BCUT2D eigenvalue weighted by atomic mass is 9.95. The maximum Gasteiger partial charge on any atom is 0.301 e. The molecule has 196 valence electrons. The van der Waals surface area contributed by atoms with Crippen molar-refractivity contribution in [3.05, 3.63) is 95.8 Å². The van der Waals surface area contributed by atoms with Gasteiger partial charge in [0.2, 0.25) is 0 Å². The van der Waals surface area contributed by atoms with Crippen molar-refractivity contribution in [1.29, 1.82) is 0 Å². The van der Waals surface area contributed by atoms with Gasteiger partial charge in [0.15, 0.2) is 16.6 Å². The average Bonchev–Trinajstić information content (AvgIpc) is 3.48. The second-order valence-electron chi connectivity index (χ2n) is 8.81. The van der Waals surface area contributed by atoms with Gasteiger partial charge in [-0.25, -0.2) is 9.37 Å². The van der Waals surface area contributed by atoms with Crippen LogP contribution in [-0.2, 0) is 9.59 Å². The number of aromatic nitrogens is 1. The zero-order valence-corrected chi connectivity index (χ0v) is 21.2. The summed E-state index contributed by atoms with van der Waals surface area (Å²) in [7, 11) is 0. The molecular formula is C29H21FN2O6S. The number of thiazole rings is 1. The first kappa shape index (κ1) is 24.6. The number of carbonyl (C=O) groups is 2. The van der Waals surface area contributed by atoms with E-state index < -0.39 is 23.5 Å². The molecule has 39 heavy (non-hydrogen) atoms. The normalized spacial score (nSPS) is 18.0. The van der Waals surface area contributed by atoms with Crippen molar-refractivity contribution < 1.29 is 33.3 Å². The van der Waals surface area contributed by atoms with Crippen molar-refractivity contribution in [1.82, 2.24) is 4.98 Å². The van der Waals surface area contributed by atoms with Crippen LogP contribution in [0, 0.1) is 5.82 Å². The van der Waals surface area contributed by atoms with E-state index in [0.29, 0.717) is 46.2 Å². The Bertz CT molecular complexity index is 1680. The maximum absolute atomic E-state index is 13.9. The molecule has 8 nitrogen and oxygen atoms in total. The molecular weight excluding hydrogens is 523 g/mol.